The van der Waals surface area contributed by atoms with Crippen molar-refractivity contribution >= 4 is 0 Å². The van der Waals surface area contributed by atoms with Crippen molar-refractivity contribution in [3.05, 3.63) is 0 Å². The van der Waals surface area contributed by atoms with Gasteiger partial charge in [-0.1, -0.05) is 96.9 Å². The van der Waals surface area contributed by atoms with Crippen LogP contribution in [0.5, 0.6) is 0 Å². The third kappa shape index (κ3) is 16.6. The third-order valence-electron chi connectivity index (χ3n) is 5.20. The van der Waals surface area contributed by atoms with E-state index >= 15 is 0 Å². The molecule has 0 aliphatic carbocycles. The maximum Gasteiger partial charge on any atom is -0.0357 e. The lowest BCUT2D eigenvalue weighted by Crippen LogP contribution is -2.22. The first-order valence-corrected chi connectivity index (χ1v) is 9.76. The minimum absolute atomic E-state index is 0.466. The monoisotopic (exact) mass is 326 g/mol. The van der Waals surface area contributed by atoms with Gasteiger partial charge in [-0.3, -0.25) is 0 Å². The van der Waals surface area contributed by atoms with Crippen LogP contribution in [-0.2, 0) is 0 Å². The Morgan fingerprint density at radius 1 is 0.522 bits per heavy atom. The van der Waals surface area contributed by atoms with Crippen LogP contribution in [0.25, 0.3) is 0 Å². The van der Waals surface area contributed by atoms with Crippen molar-refractivity contribution in [3.8, 4) is 0 Å². The van der Waals surface area contributed by atoms with Gasteiger partial charge < -0.3 is 0 Å². The summed E-state index contributed by atoms with van der Waals surface area (Å²) in [6.07, 6.45) is 4.01. The van der Waals surface area contributed by atoms with Crippen LogP contribution in [0.1, 0.15) is 116 Å². The van der Waals surface area contributed by atoms with Crippen molar-refractivity contribution < 1.29 is 0 Å². The number of hydrogen-bond acceptors (Lipinski definition) is 0. The number of hydrogen-bond donors (Lipinski definition) is 0. The Balaban J connectivity index is 0. The Labute approximate surface area is 150 Å². The van der Waals surface area contributed by atoms with Crippen molar-refractivity contribution in [2.45, 2.75) is 116 Å². The summed E-state index contributed by atoms with van der Waals surface area (Å²) in [4.78, 5) is 0. The molecule has 0 radical (unpaired) electrons. The van der Waals surface area contributed by atoms with E-state index in [-0.39, 0.29) is 0 Å². The fraction of sp³-hybridized carbons (Fsp3) is 1.00. The fourth-order valence-electron chi connectivity index (χ4n) is 2.31. The highest BCUT2D eigenvalue weighted by atomic mass is 14.3. The molecule has 0 aliphatic rings. The van der Waals surface area contributed by atoms with Gasteiger partial charge >= 0.3 is 0 Å². The van der Waals surface area contributed by atoms with Gasteiger partial charge in [-0.05, 0) is 52.8 Å². The topological polar surface area (TPSA) is 0 Å². The Kier molecular flexibility index (Phi) is 9.78. The molecule has 0 heterocycles. The molecule has 142 valence electrons. The Morgan fingerprint density at radius 2 is 0.870 bits per heavy atom. The highest BCUT2D eigenvalue weighted by molar-refractivity contribution is 4.75. The minimum atomic E-state index is 0.466. The standard InChI is InChI=1S/C12H26.C11H24/c1-10(12(5,6)7)8-9-11(2,3)4;1-9(11(5,6)7)8-10(2,3)4/h10H,8-9H2,1-7H3;9H,8H2,1-7H3/t10-;9-/m11/s1. The highest BCUT2D eigenvalue weighted by Crippen LogP contribution is 2.35. The predicted octanol–water partition coefficient (Wildman–Crippen LogP) is 8.60. The summed E-state index contributed by atoms with van der Waals surface area (Å²) < 4.78 is 0. The Bertz CT molecular complexity index is 295. The smallest absolute Gasteiger partial charge is 0.0357 e. The minimum Gasteiger partial charge on any atom is -0.0620 e. The molecule has 0 rings (SSSR count). The molecule has 23 heavy (non-hydrogen) atoms. The second-order valence-corrected chi connectivity index (χ2v) is 12.4. The molecule has 0 N–H and O–H groups in total. The lowest BCUT2D eigenvalue weighted by atomic mass is 9.73. The lowest BCUT2D eigenvalue weighted by Gasteiger charge is -2.32. The maximum atomic E-state index is 2.37. The van der Waals surface area contributed by atoms with Gasteiger partial charge in [0.05, 0.1) is 0 Å². The lowest BCUT2D eigenvalue weighted by molar-refractivity contribution is 0.182. The molecule has 0 fully saturated rings. The summed E-state index contributed by atoms with van der Waals surface area (Å²) in [5, 5.41) is 0. The molecule has 0 aromatic carbocycles. The van der Waals surface area contributed by atoms with E-state index in [9.17, 15) is 0 Å². The molecule has 0 spiro atoms. The molecule has 2 atom stereocenters. The van der Waals surface area contributed by atoms with Gasteiger partial charge in [-0.25, -0.2) is 0 Å². The first-order chi connectivity index (χ1) is 9.76. The van der Waals surface area contributed by atoms with E-state index < -0.39 is 0 Å². The Morgan fingerprint density at radius 3 is 1.04 bits per heavy atom. The zero-order chi connectivity index (χ0) is 19.3. The Hall–Kier alpha value is 0. The largest absolute Gasteiger partial charge is 0.0620 e. The molecule has 0 aromatic rings. The fourth-order valence-corrected chi connectivity index (χ4v) is 2.31. The summed E-state index contributed by atoms with van der Waals surface area (Å²) in [7, 11) is 0. The van der Waals surface area contributed by atoms with E-state index in [1.54, 1.807) is 0 Å². The van der Waals surface area contributed by atoms with Gasteiger partial charge in [0.25, 0.3) is 0 Å². The van der Waals surface area contributed by atoms with Gasteiger partial charge in [0, 0.05) is 0 Å². The SMILES string of the molecule is C[C@H](CC(C)(C)C)C(C)(C)C.C[C@H](CCC(C)(C)C)C(C)(C)C. The molecule has 0 saturated heterocycles. The molecule has 0 nitrogen and oxygen atoms in total. The average molecular weight is 327 g/mol. The normalized spacial score (nSPS) is 16.4. The molecule has 0 unspecified atom stereocenters. The van der Waals surface area contributed by atoms with Gasteiger partial charge in [-0.15, -0.1) is 0 Å². The zero-order valence-corrected chi connectivity index (χ0v) is 19.3. The summed E-state index contributed by atoms with van der Waals surface area (Å²) in [6, 6.07) is 0. The molecule has 0 aliphatic heterocycles. The van der Waals surface area contributed by atoms with Crippen molar-refractivity contribution in [3.63, 3.8) is 0 Å². The summed E-state index contributed by atoms with van der Waals surface area (Å²) >= 11 is 0. The van der Waals surface area contributed by atoms with Crippen LogP contribution in [0.3, 0.4) is 0 Å². The van der Waals surface area contributed by atoms with E-state index in [1.807, 2.05) is 0 Å². The summed E-state index contributed by atoms with van der Waals surface area (Å²) in [5.74, 6) is 1.64. The van der Waals surface area contributed by atoms with E-state index in [0.29, 0.717) is 21.7 Å². The van der Waals surface area contributed by atoms with Gasteiger partial charge in [0.1, 0.15) is 0 Å². The van der Waals surface area contributed by atoms with Crippen molar-refractivity contribution in [1.29, 1.82) is 0 Å². The van der Waals surface area contributed by atoms with E-state index in [0.717, 1.165) is 11.8 Å². The first kappa shape index (κ1) is 25.2. The molecule has 0 amide bonds. The van der Waals surface area contributed by atoms with Crippen LogP contribution in [0.2, 0.25) is 0 Å². The molecule has 0 bridgehead atoms. The average Bonchev–Trinajstić information content (AvgIpc) is 2.20. The second kappa shape index (κ2) is 8.91. The summed E-state index contributed by atoms with van der Waals surface area (Å²) in [5.41, 5.74) is 1.92. The van der Waals surface area contributed by atoms with E-state index in [4.69, 9.17) is 0 Å². The molecule has 0 heteroatoms. The van der Waals surface area contributed by atoms with E-state index in [1.165, 1.54) is 19.3 Å². The molecular weight excluding hydrogens is 276 g/mol. The van der Waals surface area contributed by atoms with Crippen LogP contribution in [0.4, 0.5) is 0 Å². The number of rotatable bonds is 3. The van der Waals surface area contributed by atoms with Crippen molar-refractivity contribution in [1.82, 2.24) is 0 Å². The predicted molar refractivity (Wildman–Crippen MR) is 110 cm³/mol. The molecule has 0 saturated carbocycles. The molecular formula is C23H50. The third-order valence-corrected chi connectivity index (χ3v) is 5.20. The van der Waals surface area contributed by atoms with E-state index in [2.05, 4.69) is 96.9 Å². The van der Waals surface area contributed by atoms with Crippen LogP contribution in [0, 0.1) is 33.5 Å². The maximum absolute atomic E-state index is 2.37. The highest BCUT2D eigenvalue weighted by Gasteiger charge is 2.24. The van der Waals surface area contributed by atoms with Crippen LogP contribution < -0.4 is 0 Å². The van der Waals surface area contributed by atoms with Crippen LogP contribution in [-0.4, -0.2) is 0 Å². The first-order valence-electron chi connectivity index (χ1n) is 9.76. The van der Waals surface area contributed by atoms with Crippen molar-refractivity contribution in [2.24, 2.45) is 33.5 Å². The molecule has 0 aromatic heterocycles. The van der Waals surface area contributed by atoms with Gasteiger partial charge in [0.15, 0.2) is 0 Å². The summed E-state index contributed by atoms with van der Waals surface area (Å²) in [6.45, 7) is 32.6. The second-order valence-electron chi connectivity index (χ2n) is 12.4. The van der Waals surface area contributed by atoms with Crippen LogP contribution >= 0.6 is 0 Å². The van der Waals surface area contributed by atoms with Crippen LogP contribution in [0.15, 0.2) is 0 Å². The quantitative estimate of drug-likeness (QED) is 0.487. The van der Waals surface area contributed by atoms with Gasteiger partial charge in [-0.2, -0.15) is 0 Å². The van der Waals surface area contributed by atoms with Gasteiger partial charge in [0.2, 0.25) is 0 Å². The van der Waals surface area contributed by atoms with Crippen molar-refractivity contribution in [2.75, 3.05) is 0 Å². The zero-order valence-electron chi connectivity index (χ0n) is 19.3.